The molecular weight excluding hydrogens is 296 g/mol. The van der Waals surface area contributed by atoms with Crippen LogP contribution in [0, 0.1) is 0 Å². The number of halogens is 1. The van der Waals surface area contributed by atoms with Gasteiger partial charge in [0.2, 0.25) is 0 Å². The van der Waals surface area contributed by atoms with E-state index in [2.05, 4.69) is 38.3 Å². The van der Waals surface area contributed by atoms with Crippen molar-refractivity contribution in [2.45, 2.75) is 13.0 Å². The molecule has 0 radical (unpaired) electrons. The van der Waals surface area contributed by atoms with Gasteiger partial charge in [0, 0.05) is 17.6 Å². The summed E-state index contributed by atoms with van der Waals surface area (Å²) in [6, 6.07) is 6.47. The number of ether oxygens (including phenoxy) is 1. The van der Waals surface area contributed by atoms with Crippen molar-refractivity contribution in [3.05, 3.63) is 34.6 Å². The second kappa shape index (κ2) is 5.49. The molecule has 1 N–H and O–H groups in total. The van der Waals surface area contributed by atoms with Gasteiger partial charge < -0.3 is 10.1 Å². The molecule has 0 aliphatic heterocycles. The minimum absolute atomic E-state index is 0.279. The van der Waals surface area contributed by atoms with Crippen LogP contribution in [0.1, 0.15) is 18.5 Å². The highest BCUT2D eigenvalue weighted by Crippen LogP contribution is 2.29. The lowest BCUT2D eigenvalue weighted by atomic mass is 10.1. The monoisotopic (exact) mass is 310 g/mol. The van der Waals surface area contributed by atoms with Crippen LogP contribution in [0.25, 0.3) is 0 Å². The molecule has 5 nitrogen and oxygen atoms in total. The van der Waals surface area contributed by atoms with Crippen LogP contribution in [0.15, 0.2) is 29.0 Å². The largest absolute Gasteiger partial charge is 0.423 e. The summed E-state index contributed by atoms with van der Waals surface area (Å²) in [4.78, 5) is 4.02. The quantitative estimate of drug-likeness (QED) is 0.943. The minimum atomic E-state index is 0.279. The SMILES string of the molecule is CNC(C)c1ccc(Oc2ncn(C)n2)cc1Br. The van der Waals surface area contributed by atoms with Crippen LogP contribution >= 0.6 is 15.9 Å². The number of hydrogen-bond donors (Lipinski definition) is 1. The first-order chi connectivity index (χ1) is 8.60. The summed E-state index contributed by atoms with van der Waals surface area (Å²) in [6.45, 7) is 2.10. The lowest BCUT2D eigenvalue weighted by Gasteiger charge is -2.13. The van der Waals surface area contributed by atoms with Gasteiger partial charge in [0.1, 0.15) is 12.1 Å². The molecule has 1 atom stereocenters. The molecule has 1 aromatic carbocycles. The second-order valence-electron chi connectivity index (χ2n) is 4.00. The number of rotatable bonds is 4. The Morgan fingerprint density at radius 2 is 2.22 bits per heavy atom. The predicted octanol–water partition coefficient (Wildman–Crippen LogP) is 2.65. The normalized spacial score (nSPS) is 12.4. The van der Waals surface area contributed by atoms with Gasteiger partial charge in [-0.2, -0.15) is 4.98 Å². The fourth-order valence-electron chi connectivity index (χ4n) is 1.55. The summed E-state index contributed by atoms with van der Waals surface area (Å²) in [5.74, 6) is 0.708. The predicted molar refractivity (Wildman–Crippen MR) is 72.7 cm³/mol. The van der Waals surface area contributed by atoms with E-state index in [9.17, 15) is 0 Å². The molecule has 2 rings (SSSR count). The van der Waals surface area contributed by atoms with E-state index < -0.39 is 0 Å². The van der Waals surface area contributed by atoms with Gasteiger partial charge in [0.05, 0.1) is 0 Å². The van der Waals surface area contributed by atoms with Crippen LogP contribution in [0.3, 0.4) is 0 Å². The zero-order chi connectivity index (χ0) is 13.1. The number of aromatic nitrogens is 3. The van der Waals surface area contributed by atoms with Crippen LogP contribution in [0.4, 0.5) is 0 Å². The molecule has 0 fully saturated rings. The van der Waals surface area contributed by atoms with Gasteiger partial charge in [-0.25, -0.2) is 0 Å². The molecule has 1 unspecified atom stereocenters. The molecular formula is C12H15BrN4O. The van der Waals surface area contributed by atoms with E-state index >= 15 is 0 Å². The van der Waals surface area contributed by atoms with E-state index in [-0.39, 0.29) is 6.04 Å². The maximum atomic E-state index is 5.55. The summed E-state index contributed by atoms with van der Waals surface area (Å²) in [5.41, 5.74) is 1.18. The van der Waals surface area contributed by atoms with Gasteiger partial charge in [-0.3, -0.25) is 4.68 Å². The van der Waals surface area contributed by atoms with E-state index in [1.54, 1.807) is 18.1 Å². The third-order valence-electron chi connectivity index (χ3n) is 2.66. The zero-order valence-corrected chi connectivity index (χ0v) is 12.1. The Bertz CT molecular complexity index is 541. The van der Waals surface area contributed by atoms with Gasteiger partial charge in [0.15, 0.2) is 0 Å². The highest BCUT2D eigenvalue weighted by molar-refractivity contribution is 9.10. The third kappa shape index (κ3) is 2.88. The van der Waals surface area contributed by atoms with Crippen LogP contribution in [-0.2, 0) is 7.05 Å². The molecule has 1 aromatic heterocycles. The molecule has 0 saturated heterocycles. The highest BCUT2D eigenvalue weighted by atomic mass is 79.9. The number of hydrogen-bond acceptors (Lipinski definition) is 4. The van der Waals surface area contributed by atoms with Gasteiger partial charge in [-0.15, -0.1) is 5.10 Å². The zero-order valence-electron chi connectivity index (χ0n) is 10.5. The highest BCUT2D eigenvalue weighted by Gasteiger charge is 2.09. The van der Waals surface area contributed by atoms with Crippen molar-refractivity contribution in [2.24, 2.45) is 7.05 Å². The van der Waals surface area contributed by atoms with Crippen molar-refractivity contribution in [1.29, 1.82) is 0 Å². The Labute approximate surface area is 114 Å². The van der Waals surface area contributed by atoms with E-state index in [0.717, 1.165) is 4.47 Å². The first kappa shape index (κ1) is 13.0. The van der Waals surface area contributed by atoms with Crippen LogP contribution in [-0.4, -0.2) is 21.8 Å². The summed E-state index contributed by atoms with van der Waals surface area (Å²) in [5, 5.41) is 7.26. The summed E-state index contributed by atoms with van der Waals surface area (Å²) < 4.78 is 8.15. The lowest BCUT2D eigenvalue weighted by molar-refractivity contribution is 0.438. The number of nitrogens with one attached hydrogen (secondary N) is 1. The average molecular weight is 311 g/mol. The third-order valence-corrected chi connectivity index (χ3v) is 3.35. The van der Waals surface area contributed by atoms with Gasteiger partial charge in [-0.1, -0.05) is 22.0 Å². The molecule has 0 aliphatic rings. The summed E-state index contributed by atoms with van der Waals surface area (Å²) in [7, 11) is 3.73. The molecule has 96 valence electrons. The topological polar surface area (TPSA) is 52.0 Å². The second-order valence-corrected chi connectivity index (χ2v) is 4.85. The van der Waals surface area contributed by atoms with E-state index in [1.807, 2.05) is 25.2 Å². The van der Waals surface area contributed by atoms with Gasteiger partial charge in [0.25, 0.3) is 0 Å². The van der Waals surface area contributed by atoms with Crippen LogP contribution < -0.4 is 10.1 Å². The lowest BCUT2D eigenvalue weighted by Crippen LogP contribution is -2.12. The molecule has 2 aromatic rings. The van der Waals surface area contributed by atoms with E-state index in [0.29, 0.717) is 11.8 Å². The Kier molecular flexibility index (Phi) is 3.98. The Balaban J connectivity index is 2.18. The average Bonchev–Trinajstić information content (AvgIpc) is 2.74. The standard InChI is InChI=1S/C12H15BrN4O/c1-8(14-2)10-5-4-9(6-11(10)13)18-12-15-7-17(3)16-12/h4-8,14H,1-3H3. The number of benzene rings is 1. The van der Waals surface area contributed by atoms with E-state index in [4.69, 9.17) is 4.74 Å². The number of aryl methyl sites for hydroxylation is 1. The maximum absolute atomic E-state index is 5.55. The van der Waals surface area contributed by atoms with Crippen molar-refractivity contribution < 1.29 is 4.74 Å². The Hall–Kier alpha value is -1.40. The molecule has 0 aliphatic carbocycles. The maximum Gasteiger partial charge on any atom is 0.340 e. The van der Waals surface area contributed by atoms with Crippen molar-refractivity contribution in [2.75, 3.05) is 7.05 Å². The fraction of sp³-hybridized carbons (Fsp3) is 0.333. The van der Waals surface area contributed by atoms with Crippen molar-refractivity contribution in [1.82, 2.24) is 20.1 Å². The number of nitrogens with zero attached hydrogens (tertiary/aromatic N) is 3. The Morgan fingerprint density at radius 3 is 2.78 bits per heavy atom. The van der Waals surface area contributed by atoms with Crippen LogP contribution in [0.2, 0.25) is 0 Å². The molecule has 0 spiro atoms. The molecule has 18 heavy (non-hydrogen) atoms. The van der Waals surface area contributed by atoms with Crippen molar-refractivity contribution in [3.63, 3.8) is 0 Å². The van der Waals surface area contributed by atoms with Crippen LogP contribution in [0.5, 0.6) is 11.8 Å². The summed E-state index contributed by atoms with van der Waals surface area (Å²) in [6.07, 6.45) is 1.60. The van der Waals surface area contributed by atoms with E-state index in [1.165, 1.54) is 5.56 Å². The van der Waals surface area contributed by atoms with Crippen molar-refractivity contribution in [3.8, 4) is 11.8 Å². The molecule has 1 heterocycles. The fourth-order valence-corrected chi connectivity index (χ4v) is 2.25. The van der Waals surface area contributed by atoms with Gasteiger partial charge in [-0.05, 0) is 31.7 Å². The molecule has 0 bridgehead atoms. The van der Waals surface area contributed by atoms with Gasteiger partial charge >= 0.3 is 6.01 Å². The first-order valence-corrected chi connectivity index (χ1v) is 6.39. The molecule has 0 amide bonds. The summed E-state index contributed by atoms with van der Waals surface area (Å²) >= 11 is 3.54. The van der Waals surface area contributed by atoms with Crippen molar-refractivity contribution >= 4 is 15.9 Å². The Morgan fingerprint density at radius 1 is 1.44 bits per heavy atom. The molecule has 6 heteroatoms. The molecule has 0 saturated carbocycles. The smallest absolute Gasteiger partial charge is 0.340 e. The first-order valence-electron chi connectivity index (χ1n) is 5.60. The minimum Gasteiger partial charge on any atom is -0.423 e.